The average Bonchev–Trinajstić information content (AvgIpc) is 3.61. The summed E-state index contributed by atoms with van der Waals surface area (Å²) in [5, 5.41) is 7.67. The second kappa shape index (κ2) is 9.10. The zero-order valence-electron chi connectivity index (χ0n) is 22.5. The number of hydrogen-bond donors (Lipinski definition) is 0. The Balaban J connectivity index is 1.40. The predicted molar refractivity (Wildman–Crippen MR) is 178 cm³/mol. The lowest BCUT2D eigenvalue weighted by Crippen LogP contribution is -2.03. The van der Waals surface area contributed by atoms with Crippen LogP contribution in [0.15, 0.2) is 140 Å². The standard InChI is InChI=1S/C38H23N3S/c1-3-12-25(13-4-1)30-23-31(26-14-5-2-6-15-26)40-38(39-30)41-32-18-10-9-17-28(32)36-33(41)21-20-29-35-27-16-8-7-11-24(27)19-22-34(35)42-37(29)36/h1-23H. The number of para-hydroxylation sites is 1. The Labute approximate surface area is 246 Å². The van der Waals surface area contributed by atoms with Crippen molar-refractivity contribution in [3.05, 3.63) is 140 Å². The first-order valence-electron chi connectivity index (χ1n) is 14.1. The molecule has 0 amide bonds. The van der Waals surface area contributed by atoms with Crippen molar-refractivity contribution in [3.8, 4) is 28.5 Å². The van der Waals surface area contributed by atoms with Crippen LogP contribution in [0, 0.1) is 0 Å². The molecule has 9 aromatic rings. The highest BCUT2D eigenvalue weighted by Gasteiger charge is 2.20. The summed E-state index contributed by atoms with van der Waals surface area (Å²) < 4.78 is 4.85. The van der Waals surface area contributed by atoms with E-state index in [1.54, 1.807) is 0 Å². The van der Waals surface area contributed by atoms with E-state index in [0.29, 0.717) is 5.95 Å². The van der Waals surface area contributed by atoms with Gasteiger partial charge in [0, 0.05) is 42.1 Å². The summed E-state index contributed by atoms with van der Waals surface area (Å²) in [6.45, 7) is 0. The van der Waals surface area contributed by atoms with E-state index in [0.717, 1.165) is 33.5 Å². The predicted octanol–water partition coefficient (Wildman–Crippen LogP) is 10.4. The largest absolute Gasteiger partial charge is 0.278 e. The molecule has 0 atom stereocenters. The second-order valence-electron chi connectivity index (χ2n) is 10.6. The molecule has 0 saturated carbocycles. The first-order valence-corrected chi connectivity index (χ1v) is 14.9. The van der Waals surface area contributed by atoms with Crippen molar-refractivity contribution in [2.75, 3.05) is 0 Å². The third kappa shape index (κ3) is 3.46. The molecule has 0 aliphatic heterocycles. The number of rotatable bonds is 3. The fourth-order valence-corrected chi connectivity index (χ4v) is 7.59. The number of fused-ring (bicyclic) bond motifs is 9. The Hall–Kier alpha value is -5.32. The van der Waals surface area contributed by atoms with Crippen LogP contribution < -0.4 is 0 Å². The van der Waals surface area contributed by atoms with Crippen LogP contribution in [0.25, 0.3) is 81.2 Å². The molecule has 0 spiro atoms. The van der Waals surface area contributed by atoms with Gasteiger partial charge in [0.2, 0.25) is 5.95 Å². The average molecular weight is 554 g/mol. The maximum atomic E-state index is 5.19. The van der Waals surface area contributed by atoms with Crippen LogP contribution in [0.3, 0.4) is 0 Å². The summed E-state index contributed by atoms with van der Waals surface area (Å²) >= 11 is 1.88. The first kappa shape index (κ1) is 23.4. The highest BCUT2D eigenvalue weighted by molar-refractivity contribution is 7.27. The van der Waals surface area contributed by atoms with Crippen LogP contribution in [-0.4, -0.2) is 14.5 Å². The summed E-state index contributed by atoms with van der Waals surface area (Å²) in [6.07, 6.45) is 0. The highest BCUT2D eigenvalue weighted by Crippen LogP contribution is 2.45. The van der Waals surface area contributed by atoms with E-state index < -0.39 is 0 Å². The van der Waals surface area contributed by atoms with Gasteiger partial charge in [-0.2, -0.15) is 0 Å². The Morgan fingerprint density at radius 1 is 0.476 bits per heavy atom. The molecule has 0 fully saturated rings. The minimum atomic E-state index is 0.673. The van der Waals surface area contributed by atoms with Gasteiger partial charge in [0.1, 0.15) is 0 Å². The number of thiophene rings is 1. The molecular weight excluding hydrogens is 531 g/mol. The van der Waals surface area contributed by atoms with Crippen LogP contribution in [0.5, 0.6) is 0 Å². The van der Waals surface area contributed by atoms with E-state index in [4.69, 9.17) is 9.97 Å². The molecule has 0 radical (unpaired) electrons. The molecule has 9 rings (SSSR count). The summed E-state index contributed by atoms with van der Waals surface area (Å²) in [4.78, 5) is 10.4. The van der Waals surface area contributed by atoms with Gasteiger partial charge in [-0.3, -0.25) is 4.57 Å². The number of nitrogens with zero attached hydrogens (tertiary/aromatic N) is 3. The smallest absolute Gasteiger partial charge is 0.235 e. The second-order valence-corrected chi connectivity index (χ2v) is 11.7. The SMILES string of the molecule is c1ccc(-c2cc(-c3ccccc3)nc(-n3c4ccccc4c4c5sc6ccc7ccccc7c6c5ccc43)n2)cc1. The van der Waals surface area contributed by atoms with Gasteiger partial charge in [-0.25, -0.2) is 9.97 Å². The lowest BCUT2D eigenvalue weighted by Gasteiger charge is -2.11. The Morgan fingerprint density at radius 2 is 1.12 bits per heavy atom. The summed E-state index contributed by atoms with van der Waals surface area (Å²) in [5.41, 5.74) is 6.16. The summed E-state index contributed by atoms with van der Waals surface area (Å²) in [7, 11) is 0. The van der Waals surface area contributed by atoms with Crippen LogP contribution >= 0.6 is 11.3 Å². The zero-order chi connectivity index (χ0) is 27.6. The minimum Gasteiger partial charge on any atom is -0.278 e. The van der Waals surface area contributed by atoms with Crippen molar-refractivity contribution in [3.63, 3.8) is 0 Å². The summed E-state index contributed by atoms with van der Waals surface area (Å²) in [5.74, 6) is 0.673. The molecule has 0 aliphatic carbocycles. The van der Waals surface area contributed by atoms with Crippen molar-refractivity contribution >= 4 is 64.1 Å². The molecule has 4 heteroatoms. The fraction of sp³-hybridized carbons (Fsp3) is 0. The van der Waals surface area contributed by atoms with Gasteiger partial charge >= 0.3 is 0 Å². The Morgan fingerprint density at radius 3 is 1.86 bits per heavy atom. The normalized spacial score (nSPS) is 11.8. The van der Waals surface area contributed by atoms with Crippen molar-refractivity contribution in [2.24, 2.45) is 0 Å². The lowest BCUT2D eigenvalue weighted by atomic mass is 10.0. The number of aromatic nitrogens is 3. The molecule has 0 N–H and O–H groups in total. The molecule has 6 aromatic carbocycles. The molecule has 3 aromatic heterocycles. The van der Waals surface area contributed by atoms with Crippen molar-refractivity contribution in [1.82, 2.24) is 14.5 Å². The fourth-order valence-electron chi connectivity index (χ4n) is 6.32. The molecule has 0 unspecified atom stereocenters. The molecule has 0 aliphatic rings. The molecule has 3 nitrogen and oxygen atoms in total. The van der Waals surface area contributed by atoms with Gasteiger partial charge in [0.25, 0.3) is 0 Å². The Bertz CT molecular complexity index is 2400. The van der Waals surface area contributed by atoms with Gasteiger partial charge in [0.05, 0.1) is 22.4 Å². The van der Waals surface area contributed by atoms with Gasteiger partial charge in [-0.05, 0) is 35.0 Å². The van der Waals surface area contributed by atoms with Gasteiger partial charge in [-0.1, -0.05) is 115 Å². The molecule has 196 valence electrons. The highest BCUT2D eigenvalue weighted by atomic mass is 32.1. The van der Waals surface area contributed by atoms with Crippen LogP contribution in [0.4, 0.5) is 0 Å². The van der Waals surface area contributed by atoms with Crippen molar-refractivity contribution in [1.29, 1.82) is 0 Å². The van der Waals surface area contributed by atoms with Gasteiger partial charge in [0.15, 0.2) is 0 Å². The molecule has 42 heavy (non-hydrogen) atoms. The third-order valence-electron chi connectivity index (χ3n) is 8.22. The van der Waals surface area contributed by atoms with E-state index in [1.165, 1.54) is 41.7 Å². The van der Waals surface area contributed by atoms with Crippen LogP contribution in [0.1, 0.15) is 0 Å². The zero-order valence-corrected chi connectivity index (χ0v) is 23.3. The van der Waals surface area contributed by atoms with E-state index in [1.807, 2.05) is 23.5 Å². The lowest BCUT2D eigenvalue weighted by molar-refractivity contribution is 0.996. The van der Waals surface area contributed by atoms with Crippen LogP contribution in [0.2, 0.25) is 0 Å². The van der Waals surface area contributed by atoms with E-state index >= 15 is 0 Å². The monoisotopic (exact) mass is 553 g/mol. The molecule has 0 saturated heterocycles. The van der Waals surface area contributed by atoms with Gasteiger partial charge < -0.3 is 0 Å². The topological polar surface area (TPSA) is 30.7 Å². The number of benzene rings is 6. The van der Waals surface area contributed by atoms with Gasteiger partial charge in [-0.15, -0.1) is 11.3 Å². The first-order chi connectivity index (χ1) is 20.8. The maximum Gasteiger partial charge on any atom is 0.235 e. The molecular formula is C38H23N3S. The maximum absolute atomic E-state index is 5.19. The van der Waals surface area contributed by atoms with Crippen molar-refractivity contribution in [2.45, 2.75) is 0 Å². The third-order valence-corrected chi connectivity index (χ3v) is 9.40. The van der Waals surface area contributed by atoms with Crippen molar-refractivity contribution < 1.29 is 0 Å². The van der Waals surface area contributed by atoms with E-state index in [2.05, 4.69) is 132 Å². The molecule has 0 bridgehead atoms. The summed E-state index contributed by atoms with van der Waals surface area (Å²) in [6, 6.07) is 49.2. The van der Waals surface area contributed by atoms with E-state index in [9.17, 15) is 0 Å². The molecule has 3 heterocycles. The number of hydrogen-bond acceptors (Lipinski definition) is 3. The quantitative estimate of drug-likeness (QED) is 0.218. The van der Waals surface area contributed by atoms with E-state index in [-0.39, 0.29) is 0 Å². The minimum absolute atomic E-state index is 0.673. The van der Waals surface area contributed by atoms with Crippen LogP contribution in [-0.2, 0) is 0 Å². The Kier molecular flexibility index (Phi) is 5.07.